The van der Waals surface area contributed by atoms with Crippen LogP contribution >= 0.6 is 0 Å². The Hall–Kier alpha value is -0.610. The van der Waals surface area contributed by atoms with Gasteiger partial charge >= 0.3 is 5.97 Å². The Bertz CT molecular complexity index is 215. The van der Waals surface area contributed by atoms with Crippen molar-refractivity contribution in [3.8, 4) is 0 Å². The van der Waals surface area contributed by atoms with Gasteiger partial charge in [-0.25, -0.2) is 4.79 Å². The highest BCUT2D eigenvalue weighted by Gasteiger charge is 2.32. The van der Waals surface area contributed by atoms with Crippen molar-refractivity contribution < 1.29 is 19.7 Å². The highest BCUT2D eigenvalue weighted by atomic mass is 17.2. The summed E-state index contributed by atoms with van der Waals surface area (Å²) in [5, 5.41) is 9.59. The molecule has 4 nitrogen and oxygen atoms in total. The predicted molar refractivity (Wildman–Crippen MR) is 57.0 cm³/mol. The first-order valence-corrected chi connectivity index (χ1v) is 5.19. The predicted octanol–water partition coefficient (Wildman–Crippen LogP) is 2.06. The van der Waals surface area contributed by atoms with Crippen LogP contribution in [0, 0.1) is 5.41 Å². The molecule has 0 heterocycles. The molecule has 0 rings (SSSR count). The van der Waals surface area contributed by atoms with Crippen molar-refractivity contribution in [2.24, 2.45) is 5.41 Å². The molecule has 0 aliphatic carbocycles. The molecule has 1 unspecified atom stereocenters. The van der Waals surface area contributed by atoms with Crippen LogP contribution in [0.3, 0.4) is 0 Å². The van der Waals surface area contributed by atoms with Crippen LogP contribution in [0.2, 0.25) is 0 Å². The number of hydrogen-bond acceptors (Lipinski definition) is 4. The third kappa shape index (κ3) is 4.62. The van der Waals surface area contributed by atoms with Gasteiger partial charge in [-0.2, -0.15) is 4.89 Å². The Kier molecular flexibility index (Phi) is 4.74. The van der Waals surface area contributed by atoms with Crippen LogP contribution in [-0.2, 0) is 14.6 Å². The smallest absolute Gasteiger partial charge is 0.347 e. The number of aliphatic hydroxyl groups is 1. The zero-order valence-electron chi connectivity index (χ0n) is 10.5. The number of rotatable bonds is 4. The minimum atomic E-state index is -0.879. The van der Waals surface area contributed by atoms with Crippen LogP contribution in [0.5, 0.6) is 0 Å². The Morgan fingerprint density at radius 1 is 1.27 bits per heavy atom. The van der Waals surface area contributed by atoms with E-state index in [2.05, 4.69) is 0 Å². The molecule has 0 aromatic heterocycles. The molecule has 0 fully saturated rings. The number of carbonyl (C=O) groups is 1. The lowest BCUT2D eigenvalue weighted by molar-refractivity contribution is -0.346. The second kappa shape index (κ2) is 4.94. The first-order chi connectivity index (χ1) is 6.61. The molecule has 0 bridgehead atoms. The van der Waals surface area contributed by atoms with Crippen LogP contribution in [0.4, 0.5) is 0 Å². The van der Waals surface area contributed by atoms with Crippen LogP contribution in [0.25, 0.3) is 0 Å². The van der Waals surface area contributed by atoms with Gasteiger partial charge in [-0.15, -0.1) is 0 Å². The monoisotopic (exact) mass is 218 g/mol. The van der Waals surface area contributed by atoms with Gasteiger partial charge in [0.25, 0.3) is 0 Å². The van der Waals surface area contributed by atoms with E-state index in [0.29, 0.717) is 6.42 Å². The maximum absolute atomic E-state index is 11.4. The molecule has 0 aromatic rings. The molecule has 0 saturated heterocycles. The second-order valence-electron chi connectivity index (χ2n) is 5.23. The molecular formula is C11H22O4. The lowest BCUT2D eigenvalue weighted by atomic mass is 9.98. The van der Waals surface area contributed by atoms with Gasteiger partial charge in [-0.05, 0) is 41.0 Å². The largest absolute Gasteiger partial charge is 0.390 e. The fraction of sp³-hybridized carbons (Fsp3) is 0.909. The van der Waals surface area contributed by atoms with Crippen LogP contribution in [0.15, 0.2) is 0 Å². The molecule has 0 aliphatic heterocycles. The fourth-order valence-corrected chi connectivity index (χ4v) is 0.817. The number of carbonyl (C=O) groups excluding carboxylic acids is 1. The number of aliphatic hydroxyl groups excluding tert-OH is 1. The normalized spacial score (nSPS) is 14.9. The average Bonchev–Trinajstić information content (AvgIpc) is 2.11. The number of hydrogen-bond donors (Lipinski definition) is 1. The molecular weight excluding hydrogens is 196 g/mol. The first-order valence-electron chi connectivity index (χ1n) is 5.19. The summed E-state index contributed by atoms with van der Waals surface area (Å²) in [7, 11) is 0. The average molecular weight is 218 g/mol. The van der Waals surface area contributed by atoms with Crippen molar-refractivity contribution >= 4 is 5.97 Å². The maximum Gasteiger partial charge on any atom is 0.347 e. The van der Waals surface area contributed by atoms with E-state index in [1.54, 1.807) is 34.6 Å². The molecule has 90 valence electrons. The topological polar surface area (TPSA) is 55.8 Å². The lowest BCUT2D eigenvalue weighted by Crippen LogP contribution is -2.40. The van der Waals surface area contributed by atoms with E-state index in [0.717, 1.165) is 0 Å². The Morgan fingerprint density at radius 3 is 2.07 bits per heavy atom. The van der Waals surface area contributed by atoms with Crippen molar-refractivity contribution in [2.75, 3.05) is 0 Å². The van der Waals surface area contributed by atoms with Gasteiger partial charge in [0, 0.05) is 0 Å². The van der Waals surface area contributed by atoms with Crippen LogP contribution in [0.1, 0.15) is 48.0 Å². The summed E-state index contributed by atoms with van der Waals surface area (Å²) in [5.74, 6) is -0.445. The molecule has 0 amide bonds. The summed E-state index contributed by atoms with van der Waals surface area (Å²) in [5.41, 5.74) is -1.48. The van der Waals surface area contributed by atoms with Gasteiger partial charge in [0.2, 0.25) is 0 Å². The van der Waals surface area contributed by atoms with Gasteiger partial charge in [0.1, 0.15) is 5.60 Å². The van der Waals surface area contributed by atoms with E-state index in [1.807, 2.05) is 6.92 Å². The fourth-order valence-electron chi connectivity index (χ4n) is 0.817. The van der Waals surface area contributed by atoms with Crippen molar-refractivity contribution in [3.63, 3.8) is 0 Å². The van der Waals surface area contributed by atoms with Crippen molar-refractivity contribution in [2.45, 2.75) is 59.7 Å². The quantitative estimate of drug-likeness (QED) is 0.579. The summed E-state index contributed by atoms with van der Waals surface area (Å²) < 4.78 is 0. The van der Waals surface area contributed by atoms with E-state index in [1.165, 1.54) is 0 Å². The minimum Gasteiger partial charge on any atom is -0.390 e. The third-order valence-electron chi connectivity index (χ3n) is 2.13. The molecule has 1 N–H and O–H groups in total. The zero-order chi connectivity index (χ0) is 12.3. The second-order valence-corrected chi connectivity index (χ2v) is 5.23. The van der Waals surface area contributed by atoms with Gasteiger partial charge in [-0.1, -0.05) is 6.92 Å². The summed E-state index contributed by atoms with van der Waals surface area (Å²) in [4.78, 5) is 21.1. The molecule has 0 saturated carbocycles. The van der Waals surface area contributed by atoms with E-state index >= 15 is 0 Å². The minimum absolute atomic E-state index is 0.445. The van der Waals surface area contributed by atoms with Gasteiger partial charge in [-0.3, -0.25) is 4.89 Å². The van der Waals surface area contributed by atoms with Gasteiger partial charge < -0.3 is 5.11 Å². The van der Waals surface area contributed by atoms with E-state index in [-0.39, 0.29) is 0 Å². The summed E-state index contributed by atoms with van der Waals surface area (Å²) in [6, 6.07) is 0. The molecule has 4 heteroatoms. The van der Waals surface area contributed by atoms with Gasteiger partial charge in [0.15, 0.2) is 0 Å². The van der Waals surface area contributed by atoms with E-state index < -0.39 is 23.1 Å². The Labute approximate surface area is 91.5 Å². The Morgan fingerprint density at radius 2 is 1.73 bits per heavy atom. The zero-order valence-corrected chi connectivity index (χ0v) is 10.5. The Balaban J connectivity index is 4.22. The molecule has 0 aliphatic rings. The lowest BCUT2D eigenvalue weighted by Gasteiger charge is -2.28. The SMILES string of the molecule is CCC(O)C(C)(C)OOC(=O)C(C)(C)C. The van der Waals surface area contributed by atoms with Crippen molar-refractivity contribution in [3.05, 3.63) is 0 Å². The summed E-state index contributed by atoms with van der Waals surface area (Å²) in [6.07, 6.45) is -0.120. The van der Waals surface area contributed by atoms with Crippen molar-refractivity contribution in [1.82, 2.24) is 0 Å². The van der Waals surface area contributed by atoms with Gasteiger partial charge in [0.05, 0.1) is 11.5 Å². The van der Waals surface area contributed by atoms with Crippen LogP contribution in [-0.4, -0.2) is 22.8 Å². The molecule has 0 aromatic carbocycles. The van der Waals surface area contributed by atoms with Crippen molar-refractivity contribution in [1.29, 1.82) is 0 Å². The first kappa shape index (κ1) is 14.4. The summed E-state index contributed by atoms with van der Waals surface area (Å²) >= 11 is 0. The summed E-state index contributed by atoms with van der Waals surface area (Å²) in [6.45, 7) is 10.4. The van der Waals surface area contributed by atoms with E-state index in [4.69, 9.17) is 9.78 Å². The van der Waals surface area contributed by atoms with Crippen LogP contribution < -0.4 is 0 Å². The van der Waals surface area contributed by atoms with E-state index in [9.17, 15) is 9.90 Å². The highest BCUT2D eigenvalue weighted by Crippen LogP contribution is 2.21. The molecule has 15 heavy (non-hydrogen) atoms. The third-order valence-corrected chi connectivity index (χ3v) is 2.13. The molecule has 1 atom stereocenters. The molecule has 0 spiro atoms. The highest BCUT2D eigenvalue weighted by molar-refractivity contribution is 5.74. The standard InChI is InChI=1S/C11H22O4/c1-7-8(12)11(5,6)15-14-9(13)10(2,3)4/h8,12H,7H2,1-6H3. The molecule has 0 radical (unpaired) electrons. The maximum atomic E-state index is 11.4.